The minimum Gasteiger partial charge on any atom is -0.480 e. The molecule has 9 nitrogen and oxygen atoms in total. The van der Waals surface area contributed by atoms with Gasteiger partial charge in [-0.25, -0.2) is 9.59 Å². The van der Waals surface area contributed by atoms with Gasteiger partial charge in [0.25, 0.3) is 0 Å². The molecule has 0 radical (unpaired) electrons. The van der Waals surface area contributed by atoms with Crippen LogP contribution >= 0.6 is 0 Å². The third-order valence-corrected chi connectivity index (χ3v) is 4.87. The Balaban J connectivity index is 3.09. The lowest BCUT2D eigenvalue weighted by Crippen LogP contribution is -2.56. The number of methoxy groups -OCH3 is 1. The topological polar surface area (TPSA) is 125 Å². The highest BCUT2D eigenvalue weighted by atomic mass is 16.6. The van der Waals surface area contributed by atoms with Crippen LogP contribution in [0.1, 0.15) is 52.9 Å². The van der Waals surface area contributed by atoms with Crippen LogP contribution in [0.2, 0.25) is 0 Å². The zero-order chi connectivity index (χ0) is 22.9. The zero-order valence-corrected chi connectivity index (χ0v) is 18.4. The predicted molar refractivity (Wildman–Crippen MR) is 111 cm³/mol. The number of carboxylic acids is 1. The molecule has 9 heteroatoms. The van der Waals surface area contributed by atoms with E-state index in [1.54, 1.807) is 20.8 Å². The number of amides is 2. The maximum atomic E-state index is 13.3. The molecule has 0 saturated carbocycles. The maximum Gasteiger partial charge on any atom is 0.408 e. The van der Waals surface area contributed by atoms with E-state index in [9.17, 15) is 24.6 Å². The number of aliphatic carboxylic acids is 1. The summed E-state index contributed by atoms with van der Waals surface area (Å²) in [5.74, 6) is -2.13. The van der Waals surface area contributed by atoms with Gasteiger partial charge < -0.3 is 29.9 Å². The fourth-order valence-electron chi connectivity index (χ4n) is 3.54. The van der Waals surface area contributed by atoms with E-state index in [0.29, 0.717) is 6.42 Å². The first kappa shape index (κ1) is 25.9. The van der Waals surface area contributed by atoms with Crippen LogP contribution < -0.4 is 5.32 Å². The number of unbranched alkanes of at least 4 members (excludes halogenated alkanes) is 2. The van der Waals surface area contributed by atoms with Gasteiger partial charge in [-0.2, -0.15) is 0 Å². The van der Waals surface area contributed by atoms with Crippen molar-refractivity contribution < 1.29 is 34.1 Å². The number of rotatable bonds is 11. The Morgan fingerprint density at radius 1 is 1.30 bits per heavy atom. The van der Waals surface area contributed by atoms with Gasteiger partial charge in [0.05, 0.1) is 12.7 Å². The number of alkyl carbamates (subject to hydrolysis) is 1. The molecule has 0 aromatic carbocycles. The van der Waals surface area contributed by atoms with E-state index in [-0.39, 0.29) is 25.5 Å². The molecule has 0 aromatic heterocycles. The largest absolute Gasteiger partial charge is 0.480 e. The van der Waals surface area contributed by atoms with Crippen molar-refractivity contribution in [3.05, 3.63) is 12.7 Å². The highest BCUT2D eigenvalue weighted by Gasteiger charge is 2.43. The van der Waals surface area contributed by atoms with E-state index in [0.717, 1.165) is 24.2 Å². The van der Waals surface area contributed by atoms with Gasteiger partial charge in [0, 0.05) is 26.0 Å². The minimum absolute atomic E-state index is 0.0471. The molecule has 1 fully saturated rings. The molecule has 0 spiro atoms. The summed E-state index contributed by atoms with van der Waals surface area (Å²) in [6, 6.07) is -2.17. The van der Waals surface area contributed by atoms with Crippen molar-refractivity contribution in [1.82, 2.24) is 10.2 Å². The van der Waals surface area contributed by atoms with Gasteiger partial charge in [-0.1, -0.05) is 12.5 Å². The molecule has 1 aliphatic rings. The standard InChI is InChI=1S/C21H36N2O7/c1-6-7-8-9-10-14(13-29-5)17(22-20(28)30-21(2,3)4)18(25)23-12-15(24)11-16(23)19(26)27/h6,14-17,24H,1,7-13H2,2-5H3,(H,22,28)(H,26,27). The van der Waals surface area contributed by atoms with Crippen molar-refractivity contribution in [3.63, 3.8) is 0 Å². The smallest absolute Gasteiger partial charge is 0.408 e. The van der Waals surface area contributed by atoms with Crippen LogP contribution in [0.15, 0.2) is 12.7 Å². The Labute approximate surface area is 178 Å². The third-order valence-electron chi connectivity index (χ3n) is 4.87. The number of nitrogens with zero attached hydrogens (tertiary/aromatic N) is 1. The number of hydrogen-bond acceptors (Lipinski definition) is 6. The number of allylic oxidation sites excluding steroid dienone is 1. The first-order valence-corrected chi connectivity index (χ1v) is 10.3. The van der Waals surface area contributed by atoms with Crippen LogP contribution in [-0.2, 0) is 19.1 Å². The Kier molecular flexibility index (Phi) is 10.3. The monoisotopic (exact) mass is 428 g/mol. The Bertz CT molecular complexity index is 603. The van der Waals surface area contributed by atoms with E-state index in [4.69, 9.17) is 9.47 Å². The molecular formula is C21H36N2O7. The van der Waals surface area contributed by atoms with Crippen molar-refractivity contribution in [2.75, 3.05) is 20.3 Å². The first-order chi connectivity index (χ1) is 14.0. The van der Waals surface area contributed by atoms with Crippen molar-refractivity contribution in [2.24, 2.45) is 5.92 Å². The van der Waals surface area contributed by atoms with E-state index in [2.05, 4.69) is 11.9 Å². The summed E-state index contributed by atoms with van der Waals surface area (Å²) < 4.78 is 10.6. The lowest BCUT2D eigenvalue weighted by Gasteiger charge is -2.32. The number of carbonyl (C=O) groups excluding carboxylic acids is 2. The summed E-state index contributed by atoms with van der Waals surface area (Å²) in [7, 11) is 1.51. The van der Waals surface area contributed by atoms with Gasteiger partial charge >= 0.3 is 12.1 Å². The second-order valence-corrected chi connectivity index (χ2v) is 8.65. The molecule has 1 heterocycles. The summed E-state index contributed by atoms with van der Waals surface area (Å²) in [6.45, 7) is 8.93. The number of likely N-dealkylation sites (tertiary alicyclic amines) is 1. The number of hydrogen-bond donors (Lipinski definition) is 3. The molecule has 30 heavy (non-hydrogen) atoms. The van der Waals surface area contributed by atoms with Crippen molar-refractivity contribution in [2.45, 2.75) is 76.7 Å². The van der Waals surface area contributed by atoms with Gasteiger partial charge in [0.2, 0.25) is 5.91 Å². The van der Waals surface area contributed by atoms with Crippen molar-refractivity contribution in [1.29, 1.82) is 0 Å². The summed E-state index contributed by atoms with van der Waals surface area (Å²) in [6.07, 6.45) is 3.15. The third kappa shape index (κ3) is 8.31. The van der Waals surface area contributed by atoms with E-state index in [1.807, 2.05) is 6.08 Å². The second kappa shape index (κ2) is 11.9. The molecule has 0 aliphatic carbocycles. The number of carboxylic acid groups (broad SMARTS) is 1. The Morgan fingerprint density at radius 3 is 2.50 bits per heavy atom. The molecule has 0 aromatic rings. The van der Waals surface area contributed by atoms with Crippen LogP contribution in [0.4, 0.5) is 4.79 Å². The molecule has 0 bridgehead atoms. The molecule has 1 rings (SSSR count). The van der Waals surface area contributed by atoms with Gasteiger partial charge in [-0.15, -0.1) is 6.58 Å². The Morgan fingerprint density at radius 2 is 1.97 bits per heavy atom. The maximum absolute atomic E-state index is 13.3. The molecule has 1 aliphatic heterocycles. The van der Waals surface area contributed by atoms with Crippen LogP contribution in [0.3, 0.4) is 0 Å². The van der Waals surface area contributed by atoms with E-state index >= 15 is 0 Å². The quantitative estimate of drug-likeness (QED) is 0.339. The molecular weight excluding hydrogens is 392 g/mol. The van der Waals surface area contributed by atoms with Crippen molar-refractivity contribution >= 4 is 18.0 Å². The summed E-state index contributed by atoms with van der Waals surface area (Å²) in [5.41, 5.74) is -0.758. The number of nitrogens with one attached hydrogen (secondary N) is 1. The van der Waals surface area contributed by atoms with Crippen LogP contribution in [0.25, 0.3) is 0 Å². The predicted octanol–water partition coefficient (Wildman–Crippen LogP) is 1.94. The second-order valence-electron chi connectivity index (χ2n) is 8.65. The van der Waals surface area contributed by atoms with Gasteiger partial charge in [-0.3, -0.25) is 4.79 Å². The van der Waals surface area contributed by atoms with E-state index in [1.165, 1.54) is 7.11 Å². The fraction of sp³-hybridized carbons (Fsp3) is 0.762. The molecule has 172 valence electrons. The van der Waals surface area contributed by atoms with Gasteiger partial charge in [-0.05, 0) is 40.0 Å². The average Bonchev–Trinajstić information content (AvgIpc) is 3.02. The van der Waals surface area contributed by atoms with Crippen LogP contribution in [-0.4, -0.2) is 77.1 Å². The molecule has 1 saturated heterocycles. The highest BCUT2D eigenvalue weighted by molar-refractivity contribution is 5.90. The highest BCUT2D eigenvalue weighted by Crippen LogP contribution is 2.24. The molecule has 2 amide bonds. The average molecular weight is 429 g/mol. The molecule has 4 unspecified atom stereocenters. The summed E-state index contributed by atoms with van der Waals surface area (Å²) >= 11 is 0. The Hall–Kier alpha value is -2.13. The van der Waals surface area contributed by atoms with Crippen LogP contribution in [0, 0.1) is 5.92 Å². The number of ether oxygens (including phenoxy) is 2. The minimum atomic E-state index is -1.19. The van der Waals surface area contributed by atoms with E-state index < -0.39 is 41.8 Å². The molecule has 3 N–H and O–H groups in total. The van der Waals surface area contributed by atoms with Crippen LogP contribution in [0.5, 0.6) is 0 Å². The number of carbonyl (C=O) groups is 3. The molecule has 4 atom stereocenters. The lowest BCUT2D eigenvalue weighted by molar-refractivity contribution is -0.149. The fourth-order valence-corrected chi connectivity index (χ4v) is 3.54. The zero-order valence-electron chi connectivity index (χ0n) is 18.4. The summed E-state index contributed by atoms with van der Waals surface area (Å²) in [4.78, 5) is 38.5. The summed E-state index contributed by atoms with van der Waals surface area (Å²) in [5, 5.41) is 22.0. The van der Waals surface area contributed by atoms with Gasteiger partial charge in [0.1, 0.15) is 17.7 Å². The number of β-amino-alcohol motifs (C(OH)–C–C–N with tert-alkyl or cyclic N) is 1. The SMILES string of the molecule is C=CCCCCC(COC)C(NC(=O)OC(C)(C)C)C(=O)N1CC(O)CC1C(=O)O. The number of aliphatic hydroxyl groups excluding tert-OH is 1. The first-order valence-electron chi connectivity index (χ1n) is 10.3. The number of aliphatic hydroxyl groups is 1. The van der Waals surface area contributed by atoms with Gasteiger partial charge in [0.15, 0.2) is 0 Å². The van der Waals surface area contributed by atoms with Crippen molar-refractivity contribution in [3.8, 4) is 0 Å². The lowest BCUT2D eigenvalue weighted by atomic mass is 9.92. The normalized spacial score (nSPS) is 21.0.